The number of esters is 2. The highest BCUT2D eigenvalue weighted by atomic mass is 16.5. The van der Waals surface area contributed by atoms with Crippen LogP contribution < -0.4 is 0 Å². The third-order valence-corrected chi connectivity index (χ3v) is 4.50. The molecule has 3 aromatic rings. The van der Waals surface area contributed by atoms with Crippen LogP contribution in [0, 0.1) is 0 Å². The van der Waals surface area contributed by atoms with E-state index < -0.39 is 46.4 Å². The van der Waals surface area contributed by atoms with Crippen LogP contribution in [0.15, 0.2) is 24.3 Å². The van der Waals surface area contributed by atoms with Crippen molar-refractivity contribution in [3.05, 3.63) is 35.7 Å². The molecule has 1 heterocycles. The van der Waals surface area contributed by atoms with E-state index >= 15 is 0 Å². The fourth-order valence-corrected chi connectivity index (χ4v) is 3.08. The molecule has 0 aliphatic carbocycles. The number of H-pyrrole nitrogens is 1. The Balaban J connectivity index is 2.49. The molecule has 31 heavy (non-hydrogen) atoms. The quantitative estimate of drug-likeness (QED) is 0.238. The zero-order valence-electron chi connectivity index (χ0n) is 16.1. The molecule has 3 rings (SSSR count). The predicted molar refractivity (Wildman–Crippen MR) is 104 cm³/mol. The maximum absolute atomic E-state index is 12.4. The number of rotatable bonds is 4. The summed E-state index contributed by atoms with van der Waals surface area (Å²) in [6.45, 7) is 0. The van der Waals surface area contributed by atoms with Gasteiger partial charge in [-0.15, -0.1) is 0 Å². The van der Waals surface area contributed by atoms with E-state index in [-0.39, 0.29) is 33.6 Å². The van der Waals surface area contributed by atoms with Gasteiger partial charge < -0.3 is 45.1 Å². The van der Waals surface area contributed by atoms with Gasteiger partial charge in [0.15, 0.2) is 34.5 Å². The summed E-state index contributed by atoms with van der Waals surface area (Å²) in [6.07, 6.45) is 0. The Hall–Kier alpha value is -4.54. The van der Waals surface area contributed by atoms with E-state index in [9.17, 15) is 40.2 Å². The van der Waals surface area contributed by atoms with E-state index in [0.29, 0.717) is 0 Å². The van der Waals surface area contributed by atoms with Crippen molar-refractivity contribution < 1.29 is 49.7 Å². The van der Waals surface area contributed by atoms with Crippen molar-refractivity contribution in [1.29, 1.82) is 0 Å². The van der Waals surface area contributed by atoms with Gasteiger partial charge in [0.1, 0.15) is 11.4 Å². The summed E-state index contributed by atoms with van der Waals surface area (Å²) in [5.74, 6) is -6.41. The zero-order chi connectivity index (χ0) is 23.0. The number of nitrogens with one attached hydrogen (secondary N) is 1. The third kappa shape index (κ3) is 3.48. The van der Waals surface area contributed by atoms with E-state index in [1.54, 1.807) is 0 Å². The van der Waals surface area contributed by atoms with E-state index in [2.05, 4.69) is 4.98 Å². The van der Waals surface area contributed by atoms with Gasteiger partial charge in [-0.05, 0) is 35.4 Å². The second kappa shape index (κ2) is 7.71. The van der Waals surface area contributed by atoms with Crippen LogP contribution >= 0.6 is 0 Å². The lowest BCUT2D eigenvalue weighted by molar-refractivity contribution is 0.0591. The average molecular weight is 431 g/mol. The average Bonchev–Trinajstić information content (AvgIpc) is 3.14. The standard InChI is InChI=1S/C20H17NO10/c1-30-19(28)15-13(7-3-9(22)17(26)10(23)4-7)14(16(21-15)20(29)31-2)8-5-11(24)18(27)12(25)6-8/h3-6,21-27H,1-2H3. The summed E-state index contributed by atoms with van der Waals surface area (Å²) in [4.78, 5) is 27.4. The molecule has 162 valence electrons. The van der Waals surface area contributed by atoms with E-state index in [0.717, 1.165) is 38.5 Å². The molecule has 7 N–H and O–H groups in total. The Labute approximate surface area is 174 Å². The number of aromatic hydroxyl groups is 6. The van der Waals surface area contributed by atoms with Gasteiger partial charge in [0.25, 0.3) is 0 Å². The highest BCUT2D eigenvalue weighted by Gasteiger charge is 2.30. The van der Waals surface area contributed by atoms with Crippen molar-refractivity contribution >= 4 is 11.9 Å². The topological polar surface area (TPSA) is 190 Å². The lowest BCUT2D eigenvalue weighted by atomic mass is 9.93. The molecule has 0 radical (unpaired) electrons. The van der Waals surface area contributed by atoms with Gasteiger partial charge in [-0.1, -0.05) is 0 Å². The van der Waals surface area contributed by atoms with Crippen molar-refractivity contribution in [2.75, 3.05) is 14.2 Å². The minimum Gasteiger partial charge on any atom is -0.504 e. The van der Waals surface area contributed by atoms with Crippen LogP contribution in [0.5, 0.6) is 34.5 Å². The van der Waals surface area contributed by atoms with Gasteiger partial charge >= 0.3 is 11.9 Å². The highest BCUT2D eigenvalue weighted by molar-refractivity contribution is 6.09. The number of hydrogen-bond acceptors (Lipinski definition) is 10. The van der Waals surface area contributed by atoms with Gasteiger partial charge in [-0.25, -0.2) is 9.59 Å². The minimum absolute atomic E-state index is 0.0401. The van der Waals surface area contributed by atoms with E-state index in [1.165, 1.54) is 0 Å². The molecule has 0 aliphatic heterocycles. The number of methoxy groups -OCH3 is 2. The molecule has 0 fully saturated rings. The molecule has 0 bridgehead atoms. The van der Waals surface area contributed by atoms with E-state index in [1.807, 2.05) is 0 Å². The maximum Gasteiger partial charge on any atom is 0.355 e. The van der Waals surface area contributed by atoms with Crippen LogP contribution in [0.3, 0.4) is 0 Å². The van der Waals surface area contributed by atoms with Crippen molar-refractivity contribution in [3.63, 3.8) is 0 Å². The largest absolute Gasteiger partial charge is 0.504 e. The number of ether oxygens (including phenoxy) is 2. The number of phenols is 6. The lowest BCUT2D eigenvalue weighted by Crippen LogP contribution is -2.06. The molecule has 0 saturated heterocycles. The fraction of sp³-hybridized carbons (Fsp3) is 0.100. The number of benzene rings is 2. The highest BCUT2D eigenvalue weighted by Crippen LogP contribution is 2.47. The van der Waals surface area contributed by atoms with Crippen molar-refractivity contribution in [2.24, 2.45) is 0 Å². The number of aromatic nitrogens is 1. The minimum atomic E-state index is -0.939. The summed E-state index contributed by atoms with van der Waals surface area (Å²) >= 11 is 0. The van der Waals surface area contributed by atoms with Crippen LogP contribution in [-0.2, 0) is 9.47 Å². The van der Waals surface area contributed by atoms with Gasteiger partial charge in [-0.2, -0.15) is 0 Å². The lowest BCUT2D eigenvalue weighted by Gasteiger charge is -2.12. The van der Waals surface area contributed by atoms with Crippen LogP contribution in [0.25, 0.3) is 22.3 Å². The Kier molecular flexibility index (Phi) is 5.26. The molecule has 0 spiro atoms. The SMILES string of the molecule is COC(=O)c1[nH]c(C(=O)OC)c(-c2cc(O)c(O)c(O)c2)c1-c1cc(O)c(O)c(O)c1. The summed E-state index contributed by atoms with van der Waals surface area (Å²) in [5, 5.41) is 59.1. The molecule has 11 nitrogen and oxygen atoms in total. The fourth-order valence-electron chi connectivity index (χ4n) is 3.08. The molecule has 1 aromatic heterocycles. The Bertz CT molecular complexity index is 1070. The monoisotopic (exact) mass is 431 g/mol. The molecule has 2 aromatic carbocycles. The Morgan fingerprint density at radius 2 is 0.935 bits per heavy atom. The number of carbonyl (C=O) groups is 2. The summed E-state index contributed by atoms with van der Waals surface area (Å²) in [7, 11) is 2.16. The molecular weight excluding hydrogens is 414 g/mol. The van der Waals surface area contributed by atoms with Gasteiger partial charge in [0, 0.05) is 11.1 Å². The second-order valence-corrected chi connectivity index (χ2v) is 6.33. The molecule has 0 saturated carbocycles. The number of carbonyl (C=O) groups excluding carboxylic acids is 2. The van der Waals surface area contributed by atoms with Crippen LogP contribution in [-0.4, -0.2) is 61.8 Å². The summed E-state index contributed by atoms with van der Waals surface area (Å²) in [6, 6.07) is 4.04. The van der Waals surface area contributed by atoms with Crippen molar-refractivity contribution in [2.45, 2.75) is 0 Å². The van der Waals surface area contributed by atoms with Gasteiger partial charge in [-0.3, -0.25) is 0 Å². The first-order chi connectivity index (χ1) is 14.6. The normalized spacial score (nSPS) is 10.6. The number of phenolic OH excluding ortho intramolecular Hbond substituents is 6. The number of aromatic amines is 1. The Morgan fingerprint density at radius 3 is 1.19 bits per heavy atom. The third-order valence-electron chi connectivity index (χ3n) is 4.50. The zero-order valence-corrected chi connectivity index (χ0v) is 16.1. The van der Waals surface area contributed by atoms with Crippen LogP contribution in [0.1, 0.15) is 21.0 Å². The first-order valence-electron chi connectivity index (χ1n) is 8.53. The van der Waals surface area contributed by atoms with Gasteiger partial charge in [0.05, 0.1) is 14.2 Å². The molecule has 0 unspecified atom stereocenters. The van der Waals surface area contributed by atoms with Crippen molar-refractivity contribution in [1.82, 2.24) is 4.98 Å². The molecule has 0 aliphatic rings. The van der Waals surface area contributed by atoms with Crippen molar-refractivity contribution in [3.8, 4) is 56.8 Å². The number of hydrogen-bond donors (Lipinski definition) is 7. The first kappa shape index (κ1) is 21.2. The first-order valence-corrected chi connectivity index (χ1v) is 8.53. The van der Waals surface area contributed by atoms with Crippen LogP contribution in [0.2, 0.25) is 0 Å². The maximum atomic E-state index is 12.4. The Morgan fingerprint density at radius 1 is 0.645 bits per heavy atom. The van der Waals surface area contributed by atoms with Crippen LogP contribution in [0.4, 0.5) is 0 Å². The molecule has 11 heteroatoms. The summed E-state index contributed by atoms with van der Waals surface area (Å²) in [5.41, 5.74) is -0.864. The van der Waals surface area contributed by atoms with E-state index in [4.69, 9.17) is 9.47 Å². The van der Waals surface area contributed by atoms with Gasteiger partial charge in [0.2, 0.25) is 0 Å². The smallest absolute Gasteiger partial charge is 0.355 e. The molecule has 0 atom stereocenters. The predicted octanol–water partition coefficient (Wildman–Crippen LogP) is 2.16. The second-order valence-electron chi connectivity index (χ2n) is 6.33. The molecular formula is C20H17NO10. The summed E-state index contributed by atoms with van der Waals surface area (Å²) < 4.78 is 9.46. The molecule has 0 amide bonds.